The summed E-state index contributed by atoms with van der Waals surface area (Å²) in [4.78, 5) is 62.0. The van der Waals surface area contributed by atoms with Crippen LogP contribution in [0.2, 0.25) is 0 Å². The Morgan fingerprint density at radius 3 is 1.23 bits per heavy atom. The van der Waals surface area contributed by atoms with Gasteiger partial charge in [-0.1, -0.05) is 156 Å². The largest absolute Gasteiger partial charge is 0.507 e. The molecule has 5 amide bonds. The Morgan fingerprint density at radius 2 is 0.843 bits per heavy atom. The van der Waals surface area contributed by atoms with E-state index in [1.807, 2.05) is 136 Å². The number of carbonyl (C=O) groups is 5. The van der Waals surface area contributed by atoms with Crippen LogP contribution in [0.1, 0.15) is 137 Å². The number of alkyl halides is 1. The third-order valence-electron chi connectivity index (χ3n) is 14.1. The Hall–Kier alpha value is -8.41. The maximum Gasteiger partial charge on any atom is 0.420 e. The summed E-state index contributed by atoms with van der Waals surface area (Å²) in [6.45, 7) is 41.3. The zero-order chi connectivity index (χ0) is 86.9. The fourth-order valence-electron chi connectivity index (χ4n) is 9.41. The van der Waals surface area contributed by atoms with Crippen LogP contribution in [-0.4, -0.2) is 164 Å². The Morgan fingerprint density at radius 1 is 0.461 bits per heavy atom. The number of nitrogens with zero attached hydrogens (tertiary/aromatic N) is 2. The zero-order valence-electron chi connectivity index (χ0n) is 68.4. The van der Waals surface area contributed by atoms with Gasteiger partial charge >= 0.3 is 30.5 Å². The minimum Gasteiger partial charge on any atom is -0.507 e. The van der Waals surface area contributed by atoms with Crippen molar-refractivity contribution in [2.75, 3.05) is 51.4 Å². The van der Waals surface area contributed by atoms with Gasteiger partial charge in [0.25, 0.3) is 0 Å². The summed E-state index contributed by atoms with van der Waals surface area (Å²) >= 11 is 16.3. The van der Waals surface area contributed by atoms with E-state index in [0.717, 1.165) is 90.9 Å². The second kappa shape index (κ2) is 51.6. The van der Waals surface area contributed by atoms with Gasteiger partial charge < -0.3 is 73.5 Å². The predicted molar refractivity (Wildman–Crippen MR) is 473 cm³/mol. The number of halogens is 5. The average molecular weight is 1920 g/mol. The molecule has 0 saturated heterocycles. The summed E-state index contributed by atoms with van der Waals surface area (Å²) in [6.07, 6.45) is 12.9. The number of alkyl carbamates (subject to hydrolysis) is 1. The fraction of sp³-hybridized carbons (Fsp3) is 0.398. The van der Waals surface area contributed by atoms with Crippen molar-refractivity contribution in [2.24, 2.45) is 0 Å². The number of phenolic OH excluding ortho intramolecular Hbond substituents is 2. The maximum absolute atomic E-state index is 12.5. The minimum absolute atomic E-state index is 0.0119. The van der Waals surface area contributed by atoms with Crippen molar-refractivity contribution in [3.05, 3.63) is 235 Å². The van der Waals surface area contributed by atoms with Crippen LogP contribution in [0.3, 0.4) is 0 Å². The van der Waals surface area contributed by atoms with Gasteiger partial charge in [-0.15, -0.1) is 19.7 Å². The van der Waals surface area contributed by atoms with Gasteiger partial charge in [-0.25, -0.2) is 33.8 Å². The van der Waals surface area contributed by atoms with E-state index < -0.39 is 58.5 Å². The number of rotatable bonds is 17. The number of aromatic hydroxyl groups is 2. The van der Waals surface area contributed by atoms with Gasteiger partial charge in [0.1, 0.15) is 87.4 Å². The topological polar surface area (TPSA) is 288 Å². The van der Waals surface area contributed by atoms with E-state index >= 15 is 0 Å². The lowest BCUT2D eigenvalue weighted by atomic mass is 10.1. The van der Waals surface area contributed by atoms with E-state index in [1.54, 1.807) is 132 Å². The molecule has 0 radical (unpaired) electrons. The van der Waals surface area contributed by atoms with Gasteiger partial charge in [0.2, 0.25) is 0 Å². The minimum atomic E-state index is -0.772. The molecule has 27 heteroatoms. The quantitative estimate of drug-likeness (QED) is 0.0281. The normalized spacial score (nSPS) is 14.0. The molecule has 3 atom stereocenters. The number of nitrogens with one attached hydrogen (secondary N) is 1. The number of aliphatic hydroxyl groups excluding tert-OH is 3. The second-order valence-corrected chi connectivity index (χ2v) is 34.1. The molecule has 0 saturated carbocycles. The molecule has 0 aromatic heterocycles. The number of amides is 5. The van der Waals surface area contributed by atoms with E-state index in [2.05, 4.69) is 111 Å². The number of phenols is 2. The SMILES string of the molecule is C=CCBr.C=CCN(C(=O)OC(C)(C)C)C(=O)OC(C)(C)C.C=CCOc1ccccc1Br.C=CCc1cccc(Br)c1O.CC(C)(C)OC(=O)N(C/C=C/c1cccc2c1OC(CO)C2)C(=O)OC(C)(C)C.CC(C)(C)OC(=O)NC/C=C/c1cccc2c1OC(CO)C2.OCC1Cc2cccc(Br)c2O1.Oc1ccccc1Br. The molecule has 0 aliphatic carbocycles. The van der Waals surface area contributed by atoms with Gasteiger partial charge in [-0.05, 0) is 233 Å². The lowest BCUT2D eigenvalue weighted by Crippen LogP contribution is -2.43. The number of aliphatic hydroxyl groups is 3. The number of hydrogen-bond acceptors (Lipinski definition) is 19. The molecule has 3 aliphatic rings. The number of benzene rings is 6. The molecular formula is C88H114Br5N3O19. The van der Waals surface area contributed by atoms with Crippen LogP contribution in [-0.2, 0) is 49.4 Å². The molecule has 115 heavy (non-hydrogen) atoms. The third kappa shape index (κ3) is 41.8. The fourth-order valence-corrected chi connectivity index (χ4v) is 11.0. The third-order valence-corrected chi connectivity index (χ3v) is 17.2. The van der Waals surface area contributed by atoms with Crippen LogP contribution >= 0.6 is 79.6 Å². The van der Waals surface area contributed by atoms with E-state index in [0.29, 0.717) is 37.5 Å². The molecular weight excluding hydrogens is 1800 g/mol. The summed E-state index contributed by atoms with van der Waals surface area (Å²) in [5.41, 5.74) is 2.62. The van der Waals surface area contributed by atoms with Gasteiger partial charge in [-0.2, -0.15) is 0 Å². The Balaban J connectivity index is 0.000000468. The number of allylic oxidation sites excluding steroid dienone is 2. The molecule has 0 bridgehead atoms. The van der Waals surface area contributed by atoms with Crippen LogP contribution < -0.4 is 24.3 Å². The van der Waals surface area contributed by atoms with Crippen molar-refractivity contribution >= 4 is 122 Å². The Bertz CT molecular complexity index is 4060. The summed E-state index contributed by atoms with van der Waals surface area (Å²) in [5, 5.41) is 49.3. The first kappa shape index (κ1) is 103. The highest BCUT2D eigenvalue weighted by molar-refractivity contribution is 9.11. The summed E-state index contributed by atoms with van der Waals surface area (Å²) in [5.74, 6) is 3.86. The first-order chi connectivity index (χ1) is 53.9. The van der Waals surface area contributed by atoms with Crippen molar-refractivity contribution in [3.63, 3.8) is 0 Å². The van der Waals surface area contributed by atoms with Crippen LogP contribution in [0.4, 0.5) is 24.0 Å². The Kier molecular flexibility index (Phi) is 46.1. The highest BCUT2D eigenvalue weighted by Gasteiger charge is 2.33. The summed E-state index contributed by atoms with van der Waals surface area (Å²) in [7, 11) is 0. The number of fused-ring (bicyclic) bond motifs is 3. The molecule has 0 spiro atoms. The van der Waals surface area contributed by atoms with Crippen LogP contribution in [0.25, 0.3) is 12.2 Å². The average Bonchev–Trinajstić information content (AvgIpc) is 1.61. The van der Waals surface area contributed by atoms with E-state index in [1.165, 1.54) is 11.6 Å². The zero-order valence-corrected chi connectivity index (χ0v) is 76.4. The number of carbonyl (C=O) groups excluding carboxylic acids is 5. The van der Waals surface area contributed by atoms with E-state index in [4.69, 9.17) is 52.8 Å². The van der Waals surface area contributed by atoms with Gasteiger partial charge in [0, 0.05) is 42.3 Å². The predicted octanol–water partition coefficient (Wildman–Crippen LogP) is 21.4. The smallest absolute Gasteiger partial charge is 0.420 e. The summed E-state index contributed by atoms with van der Waals surface area (Å²) in [6, 6.07) is 37.9. The highest BCUT2D eigenvalue weighted by Crippen LogP contribution is 2.37. The first-order valence-corrected chi connectivity index (χ1v) is 41.0. The Labute approximate surface area is 721 Å². The molecule has 3 unspecified atom stereocenters. The molecule has 3 heterocycles. The monoisotopic (exact) mass is 1910 g/mol. The molecule has 9 rings (SSSR count). The lowest BCUT2D eigenvalue weighted by molar-refractivity contribution is 0.00160. The number of ether oxygens (including phenoxy) is 9. The number of para-hydroxylation sites is 6. The van der Waals surface area contributed by atoms with Crippen LogP contribution in [0.15, 0.2) is 202 Å². The molecule has 6 N–H and O–H groups in total. The molecule has 630 valence electrons. The van der Waals surface area contributed by atoms with E-state index in [9.17, 15) is 39.3 Å². The van der Waals surface area contributed by atoms with Crippen molar-refractivity contribution in [1.29, 1.82) is 0 Å². The number of hydrogen-bond donors (Lipinski definition) is 6. The molecule has 3 aliphatic heterocycles. The van der Waals surface area contributed by atoms with Crippen LogP contribution in [0, 0.1) is 0 Å². The van der Waals surface area contributed by atoms with E-state index in [-0.39, 0.29) is 57.0 Å². The maximum atomic E-state index is 12.5. The number of imide groups is 2. The van der Waals surface area contributed by atoms with Crippen LogP contribution in [0.5, 0.6) is 34.5 Å². The van der Waals surface area contributed by atoms with Gasteiger partial charge in [0.05, 0.1) is 50.8 Å². The molecule has 0 fully saturated rings. The van der Waals surface area contributed by atoms with Gasteiger partial charge in [-0.3, -0.25) is 0 Å². The second-order valence-electron chi connectivity index (χ2n) is 30.1. The van der Waals surface area contributed by atoms with Crippen molar-refractivity contribution in [2.45, 2.75) is 176 Å². The van der Waals surface area contributed by atoms with Crippen molar-refractivity contribution in [3.8, 4) is 34.5 Å². The molecule has 6 aromatic carbocycles. The van der Waals surface area contributed by atoms with Crippen molar-refractivity contribution < 1.29 is 92.1 Å². The lowest BCUT2D eigenvalue weighted by Gasteiger charge is -2.28. The molecule has 6 aromatic rings. The van der Waals surface area contributed by atoms with Crippen molar-refractivity contribution in [1.82, 2.24) is 15.1 Å². The standard InChI is InChI=1S/C22H31NO6.C17H23NO4.C13H23NO4.C9H9BrO2.2C9H9BrO.C6H5BrO.C3H5Br/c1-21(2,3)28-19(25)23(20(26)29-22(4,5)6)12-8-11-15-9-7-10-16-13-17(14-24)27-18(15)16;1-17(2,3)22-16(20)18-9-5-8-12-6-4-7-13-10-14(11-19)21-15(12)13;1-8-9-14(10(15)17-12(2,3)4)11(16)18-13(5,6)7;10-8-3-1-2-6-4-7(5-11)12-9(6)8;1-2-7-11-9-6-4-3-5-8(9)10;1-2-4-7-5-3-6-8(10)9(7)11;7-5-3-1-2-4-6(5)8;1-2-3-4/h7-11,17,24H,12-14H2,1-6H3;4-8,14,19H,9-11H2,1-3H3,(H,18,20);8H,1,9H2,2-7H3;1-3,7,11H,4-5H2;2-6H,1,7H2;2-3,5-6,11H,1,4H2;1-4,8H;2H,1,3H2/b11-8+;8-5+;;;;;;. The molecule has 22 nitrogen and oxygen atoms in total. The summed E-state index contributed by atoms with van der Waals surface area (Å²) < 4.78 is 51.8. The van der Waals surface area contributed by atoms with Gasteiger partial charge in [0.15, 0.2) is 0 Å². The highest BCUT2D eigenvalue weighted by atomic mass is 79.9. The first-order valence-electron chi connectivity index (χ1n) is 36.7.